The third kappa shape index (κ3) is 3.14. The fraction of sp³-hybridized carbons (Fsp3) is 0.375. The summed E-state index contributed by atoms with van der Waals surface area (Å²) in [6.45, 7) is 0.954. The van der Waals surface area contributed by atoms with E-state index in [0.29, 0.717) is 0 Å². The molecule has 1 atom stereocenters. The first-order valence-electron chi connectivity index (χ1n) is 4.23. The molecule has 0 aromatic carbocycles. The van der Waals surface area contributed by atoms with Gasteiger partial charge in [-0.2, -0.15) is 13.2 Å². The van der Waals surface area contributed by atoms with Crippen molar-refractivity contribution >= 4 is 23.0 Å². The molecule has 0 spiro atoms. The van der Waals surface area contributed by atoms with E-state index in [4.69, 9.17) is 16.8 Å². The Labute approximate surface area is 94.4 Å². The van der Waals surface area contributed by atoms with Crippen LogP contribution in [0.2, 0.25) is 5.15 Å². The maximum absolute atomic E-state index is 12.3. The molecule has 0 amide bonds. The van der Waals surface area contributed by atoms with Gasteiger partial charge in [0.1, 0.15) is 16.9 Å². The van der Waals surface area contributed by atoms with Crippen molar-refractivity contribution in [2.45, 2.75) is 19.1 Å². The first-order chi connectivity index (χ1) is 7.34. The molecule has 0 aliphatic rings. The quantitative estimate of drug-likeness (QED) is 0.574. The Bertz CT molecular complexity index is 372. The summed E-state index contributed by atoms with van der Waals surface area (Å²) in [5, 5.41) is 10.9. The van der Waals surface area contributed by atoms with Crippen molar-refractivity contribution in [3.8, 4) is 0 Å². The Morgan fingerprint density at radius 2 is 2.06 bits per heavy atom. The number of hydrogen-bond acceptors (Lipinski definition) is 4. The standard InChI is InChI=1S/C8H9ClF3N3O/c1-4(8(10,11)12)14-5-2-7(9)13-3-6(5)15-16/h2-4,15-16H,1H3,(H,13,14). The molecule has 4 nitrogen and oxygen atoms in total. The second-order valence-corrected chi connectivity index (χ2v) is 3.46. The average molecular weight is 256 g/mol. The van der Waals surface area contributed by atoms with Gasteiger partial charge in [-0.3, -0.25) is 10.7 Å². The summed E-state index contributed by atoms with van der Waals surface area (Å²) in [4.78, 5) is 3.60. The van der Waals surface area contributed by atoms with E-state index in [2.05, 4.69) is 10.3 Å². The van der Waals surface area contributed by atoms with E-state index in [1.807, 2.05) is 0 Å². The Morgan fingerprint density at radius 1 is 1.44 bits per heavy atom. The highest BCUT2D eigenvalue weighted by Crippen LogP contribution is 2.28. The van der Waals surface area contributed by atoms with Gasteiger partial charge in [0.2, 0.25) is 0 Å². The minimum Gasteiger partial charge on any atom is -0.372 e. The minimum atomic E-state index is -4.39. The number of aromatic nitrogens is 1. The molecule has 0 saturated heterocycles. The molecule has 1 unspecified atom stereocenters. The van der Waals surface area contributed by atoms with Crippen molar-refractivity contribution in [2.75, 3.05) is 10.8 Å². The number of nitrogens with zero attached hydrogens (tertiary/aromatic N) is 1. The number of nitrogens with one attached hydrogen (secondary N) is 2. The molecular formula is C8H9ClF3N3O. The van der Waals surface area contributed by atoms with E-state index in [9.17, 15) is 13.2 Å². The molecule has 1 heterocycles. The molecule has 0 bridgehead atoms. The molecule has 1 rings (SSSR count). The van der Waals surface area contributed by atoms with Crippen LogP contribution in [0.15, 0.2) is 12.3 Å². The molecule has 3 N–H and O–H groups in total. The first-order valence-corrected chi connectivity index (χ1v) is 4.61. The van der Waals surface area contributed by atoms with Crippen molar-refractivity contribution in [3.63, 3.8) is 0 Å². The Hall–Kier alpha value is -1.21. The van der Waals surface area contributed by atoms with Gasteiger partial charge in [-0.05, 0) is 6.92 Å². The van der Waals surface area contributed by atoms with Crippen LogP contribution >= 0.6 is 11.6 Å². The molecule has 0 aliphatic heterocycles. The van der Waals surface area contributed by atoms with E-state index in [1.54, 1.807) is 5.48 Å². The molecule has 16 heavy (non-hydrogen) atoms. The largest absolute Gasteiger partial charge is 0.408 e. The van der Waals surface area contributed by atoms with Crippen molar-refractivity contribution < 1.29 is 18.4 Å². The lowest BCUT2D eigenvalue weighted by molar-refractivity contribution is -0.138. The third-order valence-electron chi connectivity index (χ3n) is 1.85. The van der Waals surface area contributed by atoms with Gasteiger partial charge >= 0.3 is 6.18 Å². The van der Waals surface area contributed by atoms with E-state index < -0.39 is 12.2 Å². The first kappa shape index (κ1) is 12.9. The lowest BCUT2D eigenvalue weighted by atomic mass is 10.2. The van der Waals surface area contributed by atoms with Crippen molar-refractivity contribution in [1.82, 2.24) is 4.98 Å². The summed E-state index contributed by atoms with van der Waals surface area (Å²) in [6.07, 6.45) is -3.27. The summed E-state index contributed by atoms with van der Waals surface area (Å²) in [7, 11) is 0. The number of alkyl halides is 3. The van der Waals surface area contributed by atoms with Gasteiger partial charge in [-0.25, -0.2) is 4.98 Å². The monoisotopic (exact) mass is 255 g/mol. The van der Waals surface area contributed by atoms with E-state index in [-0.39, 0.29) is 16.5 Å². The number of hydrogen-bond donors (Lipinski definition) is 3. The summed E-state index contributed by atoms with van der Waals surface area (Å²) in [5.74, 6) is 0. The Balaban J connectivity index is 2.91. The average Bonchev–Trinajstić information content (AvgIpc) is 2.16. The Kier molecular flexibility index (Phi) is 3.82. The summed E-state index contributed by atoms with van der Waals surface area (Å²) < 4.78 is 36.8. The van der Waals surface area contributed by atoms with Crippen LogP contribution in [-0.4, -0.2) is 22.4 Å². The van der Waals surface area contributed by atoms with Crippen molar-refractivity contribution in [2.24, 2.45) is 0 Å². The normalized spacial score (nSPS) is 13.4. The molecule has 0 radical (unpaired) electrons. The SMILES string of the molecule is CC(Nc1cc(Cl)ncc1NO)C(F)(F)F. The second-order valence-electron chi connectivity index (χ2n) is 3.07. The molecule has 0 aliphatic carbocycles. The highest BCUT2D eigenvalue weighted by molar-refractivity contribution is 6.29. The van der Waals surface area contributed by atoms with Gasteiger partial charge < -0.3 is 5.32 Å². The highest BCUT2D eigenvalue weighted by Gasteiger charge is 2.36. The van der Waals surface area contributed by atoms with Gasteiger partial charge in [-0.1, -0.05) is 11.6 Å². The second kappa shape index (κ2) is 4.75. The van der Waals surface area contributed by atoms with Crippen LogP contribution < -0.4 is 10.8 Å². The van der Waals surface area contributed by atoms with E-state index >= 15 is 0 Å². The van der Waals surface area contributed by atoms with Crippen LogP contribution in [0.25, 0.3) is 0 Å². The van der Waals surface area contributed by atoms with Crippen LogP contribution in [0.4, 0.5) is 24.5 Å². The van der Waals surface area contributed by atoms with E-state index in [1.165, 1.54) is 6.07 Å². The fourth-order valence-corrected chi connectivity index (χ4v) is 1.11. The summed E-state index contributed by atoms with van der Waals surface area (Å²) in [6, 6.07) is -0.583. The maximum atomic E-state index is 12.3. The molecular weight excluding hydrogens is 247 g/mol. The smallest absolute Gasteiger partial charge is 0.372 e. The molecule has 0 saturated carbocycles. The summed E-state index contributed by atoms with van der Waals surface area (Å²) in [5.41, 5.74) is 1.76. The maximum Gasteiger partial charge on any atom is 0.408 e. The van der Waals surface area contributed by atoms with E-state index in [0.717, 1.165) is 13.1 Å². The molecule has 8 heteroatoms. The Morgan fingerprint density at radius 3 is 2.56 bits per heavy atom. The van der Waals surface area contributed by atoms with Crippen molar-refractivity contribution in [1.29, 1.82) is 0 Å². The van der Waals surface area contributed by atoms with Gasteiger partial charge in [0.05, 0.1) is 11.9 Å². The predicted molar refractivity (Wildman–Crippen MR) is 53.8 cm³/mol. The molecule has 0 fully saturated rings. The zero-order valence-corrected chi connectivity index (χ0v) is 8.89. The van der Waals surface area contributed by atoms with Crippen LogP contribution in [0.3, 0.4) is 0 Å². The number of halogens is 4. The number of anilines is 2. The zero-order chi connectivity index (χ0) is 12.3. The fourth-order valence-electron chi connectivity index (χ4n) is 0.953. The van der Waals surface area contributed by atoms with Crippen molar-refractivity contribution in [3.05, 3.63) is 17.4 Å². The lowest BCUT2D eigenvalue weighted by Crippen LogP contribution is -2.33. The topological polar surface area (TPSA) is 57.2 Å². The summed E-state index contributed by atoms with van der Waals surface area (Å²) >= 11 is 5.53. The third-order valence-corrected chi connectivity index (χ3v) is 2.06. The van der Waals surface area contributed by atoms with Crippen LogP contribution in [0.5, 0.6) is 0 Å². The molecule has 90 valence electrons. The number of rotatable bonds is 3. The predicted octanol–water partition coefficient (Wildman–Crippen LogP) is 2.90. The number of pyridine rings is 1. The zero-order valence-electron chi connectivity index (χ0n) is 8.14. The van der Waals surface area contributed by atoms with Crippen LogP contribution in [-0.2, 0) is 0 Å². The lowest BCUT2D eigenvalue weighted by Gasteiger charge is -2.19. The van der Waals surface area contributed by atoms with Gasteiger partial charge in [0.15, 0.2) is 0 Å². The van der Waals surface area contributed by atoms with Gasteiger partial charge in [0, 0.05) is 6.07 Å². The molecule has 1 aromatic heterocycles. The minimum absolute atomic E-state index is 0.0144. The highest BCUT2D eigenvalue weighted by atomic mass is 35.5. The van der Waals surface area contributed by atoms with Crippen LogP contribution in [0.1, 0.15) is 6.92 Å². The van der Waals surface area contributed by atoms with Crippen LogP contribution in [0, 0.1) is 0 Å². The van der Waals surface area contributed by atoms with Gasteiger partial charge in [0.25, 0.3) is 0 Å². The molecule has 1 aromatic rings. The van der Waals surface area contributed by atoms with Gasteiger partial charge in [-0.15, -0.1) is 0 Å².